The molecule has 0 bridgehead atoms. The molecule has 0 radical (unpaired) electrons. The summed E-state index contributed by atoms with van der Waals surface area (Å²) in [6, 6.07) is 0.443. The number of nitrogens with zero attached hydrogens (tertiary/aromatic N) is 2. The van der Waals surface area contributed by atoms with Gasteiger partial charge in [0.25, 0.3) is 0 Å². The molecule has 1 aromatic heterocycles. The zero-order valence-corrected chi connectivity index (χ0v) is 11.6. The summed E-state index contributed by atoms with van der Waals surface area (Å²) >= 11 is 0. The van der Waals surface area contributed by atoms with E-state index in [1.807, 2.05) is 6.20 Å². The minimum absolute atomic E-state index is 0.443. The lowest BCUT2D eigenvalue weighted by Gasteiger charge is -2.21. The molecule has 2 heterocycles. The van der Waals surface area contributed by atoms with Gasteiger partial charge in [-0.05, 0) is 31.7 Å². The van der Waals surface area contributed by atoms with Gasteiger partial charge in [0.15, 0.2) is 0 Å². The summed E-state index contributed by atoms with van der Waals surface area (Å²) in [5.41, 5.74) is 1.31. The van der Waals surface area contributed by atoms with E-state index >= 15 is 0 Å². The molecule has 0 aromatic carbocycles. The van der Waals surface area contributed by atoms with E-state index in [-0.39, 0.29) is 0 Å². The highest BCUT2D eigenvalue weighted by molar-refractivity contribution is 5.10. The van der Waals surface area contributed by atoms with Gasteiger partial charge in [-0.25, -0.2) is 0 Å². The van der Waals surface area contributed by atoms with Crippen LogP contribution in [0.25, 0.3) is 0 Å². The third kappa shape index (κ3) is 3.56. The molecular weight excluding hydrogens is 226 g/mol. The Hall–Kier alpha value is -0.870. The fraction of sp³-hybridized carbons (Fsp3) is 0.786. The van der Waals surface area contributed by atoms with E-state index in [1.165, 1.54) is 18.4 Å². The van der Waals surface area contributed by atoms with E-state index in [4.69, 9.17) is 4.74 Å². The van der Waals surface area contributed by atoms with E-state index in [0.717, 1.165) is 38.6 Å². The van der Waals surface area contributed by atoms with Gasteiger partial charge < -0.3 is 10.1 Å². The lowest BCUT2D eigenvalue weighted by atomic mass is 10.0. The van der Waals surface area contributed by atoms with E-state index in [9.17, 15) is 0 Å². The summed E-state index contributed by atoms with van der Waals surface area (Å²) in [6.07, 6.45) is 7.65. The summed E-state index contributed by atoms with van der Waals surface area (Å²) in [4.78, 5) is 0. The molecule has 1 atom stereocenters. The van der Waals surface area contributed by atoms with Crippen LogP contribution in [0.3, 0.4) is 0 Å². The van der Waals surface area contributed by atoms with Crippen molar-refractivity contribution in [3.63, 3.8) is 0 Å². The summed E-state index contributed by atoms with van der Waals surface area (Å²) in [5.74, 6) is 0.728. The van der Waals surface area contributed by atoms with Gasteiger partial charge in [0, 0.05) is 37.6 Å². The van der Waals surface area contributed by atoms with Gasteiger partial charge in [-0.1, -0.05) is 13.8 Å². The molecule has 102 valence electrons. The van der Waals surface area contributed by atoms with E-state index < -0.39 is 0 Å². The topological polar surface area (TPSA) is 39.1 Å². The largest absolute Gasteiger partial charge is 0.381 e. The van der Waals surface area contributed by atoms with Gasteiger partial charge in [0.05, 0.1) is 6.20 Å². The second-order valence-corrected chi connectivity index (χ2v) is 5.07. The molecule has 1 N–H and O–H groups in total. The Morgan fingerprint density at radius 2 is 2.22 bits per heavy atom. The second kappa shape index (κ2) is 6.90. The minimum atomic E-state index is 0.443. The Morgan fingerprint density at radius 3 is 2.89 bits per heavy atom. The number of hydrogen-bond donors (Lipinski definition) is 1. The number of nitrogens with one attached hydrogen (secondary N) is 1. The van der Waals surface area contributed by atoms with E-state index in [2.05, 4.69) is 35.1 Å². The first-order valence-electron chi connectivity index (χ1n) is 7.17. The van der Waals surface area contributed by atoms with Crippen molar-refractivity contribution in [2.75, 3.05) is 19.8 Å². The smallest absolute Gasteiger partial charge is 0.0537 e. The molecule has 0 spiro atoms. The lowest BCUT2D eigenvalue weighted by Crippen LogP contribution is -2.21. The molecule has 18 heavy (non-hydrogen) atoms. The third-order valence-electron chi connectivity index (χ3n) is 3.70. The average molecular weight is 251 g/mol. The molecule has 1 fully saturated rings. The van der Waals surface area contributed by atoms with Crippen molar-refractivity contribution in [1.82, 2.24) is 15.1 Å². The van der Waals surface area contributed by atoms with Crippen LogP contribution in [-0.4, -0.2) is 29.5 Å². The molecule has 1 aromatic rings. The molecule has 4 heteroatoms. The van der Waals surface area contributed by atoms with Crippen molar-refractivity contribution in [2.45, 2.75) is 45.7 Å². The normalized spacial score (nSPS) is 19.0. The predicted molar refractivity (Wildman–Crippen MR) is 72.5 cm³/mol. The SMILES string of the molecule is CCNC(CC)c1cnn(CC2CCOCC2)c1. The van der Waals surface area contributed by atoms with Crippen LogP contribution in [0.2, 0.25) is 0 Å². The number of hydrogen-bond acceptors (Lipinski definition) is 3. The highest BCUT2D eigenvalue weighted by atomic mass is 16.5. The van der Waals surface area contributed by atoms with Crippen LogP contribution < -0.4 is 5.32 Å². The second-order valence-electron chi connectivity index (χ2n) is 5.07. The standard InChI is InChI=1S/C14H25N3O/c1-3-14(15-4-2)13-9-16-17(11-13)10-12-5-7-18-8-6-12/h9,11-12,14-15H,3-8,10H2,1-2H3. The molecule has 0 aliphatic carbocycles. The predicted octanol–water partition coefficient (Wildman–Crippen LogP) is 2.37. The molecule has 0 amide bonds. The van der Waals surface area contributed by atoms with Gasteiger partial charge in [-0.3, -0.25) is 4.68 Å². The van der Waals surface area contributed by atoms with Crippen LogP contribution in [0.4, 0.5) is 0 Å². The van der Waals surface area contributed by atoms with E-state index in [1.54, 1.807) is 0 Å². The van der Waals surface area contributed by atoms with Crippen LogP contribution >= 0.6 is 0 Å². The number of ether oxygens (including phenoxy) is 1. The quantitative estimate of drug-likeness (QED) is 0.843. The highest BCUT2D eigenvalue weighted by Crippen LogP contribution is 2.19. The molecule has 4 nitrogen and oxygen atoms in total. The molecule has 0 saturated carbocycles. The van der Waals surface area contributed by atoms with Gasteiger partial charge >= 0.3 is 0 Å². The van der Waals surface area contributed by atoms with Crippen molar-refractivity contribution in [3.8, 4) is 0 Å². The van der Waals surface area contributed by atoms with Crippen molar-refractivity contribution in [3.05, 3.63) is 18.0 Å². The maximum Gasteiger partial charge on any atom is 0.0537 e. The average Bonchev–Trinajstić information content (AvgIpc) is 2.85. The van der Waals surface area contributed by atoms with Crippen molar-refractivity contribution in [1.29, 1.82) is 0 Å². The zero-order chi connectivity index (χ0) is 12.8. The first-order valence-corrected chi connectivity index (χ1v) is 7.17. The van der Waals surface area contributed by atoms with Gasteiger partial charge in [-0.2, -0.15) is 5.10 Å². The lowest BCUT2D eigenvalue weighted by molar-refractivity contribution is 0.0601. The van der Waals surface area contributed by atoms with Gasteiger partial charge in [0.1, 0.15) is 0 Å². The Morgan fingerprint density at radius 1 is 1.44 bits per heavy atom. The Balaban J connectivity index is 1.92. The molecule has 1 saturated heterocycles. The van der Waals surface area contributed by atoms with E-state index in [0.29, 0.717) is 6.04 Å². The zero-order valence-electron chi connectivity index (χ0n) is 11.6. The van der Waals surface area contributed by atoms with Crippen LogP contribution in [0.5, 0.6) is 0 Å². The van der Waals surface area contributed by atoms with Gasteiger partial charge in [0.2, 0.25) is 0 Å². The monoisotopic (exact) mass is 251 g/mol. The Bertz CT molecular complexity index is 345. The summed E-state index contributed by atoms with van der Waals surface area (Å²) in [5, 5.41) is 7.99. The first-order chi connectivity index (χ1) is 8.83. The van der Waals surface area contributed by atoms with Crippen molar-refractivity contribution in [2.24, 2.45) is 5.92 Å². The van der Waals surface area contributed by atoms with Gasteiger partial charge in [-0.15, -0.1) is 0 Å². The van der Waals surface area contributed by atoms with Crippen LogP contribution in [0.1, 0.15) is 44.7 Å². The number of aromatic nitrogens is 2. The van der Waals surface area contributed by atoms with Crippen LogP contribution in [0.15, 0.2) is 12.4 Å². The maximum atomic E-state index is 5.39. The highest BCUT2D eigenvalue weighted by Gasteiger charge is 2.16. The summed E-state index contributed by atoms with van der Waals surface area (Å²) in [6.45, 7) is 8.22. The number of rotatable bonds is 6. The summed E-state index contributed by atoms with van der Waals surface area (Å²) < 4.78 is 7.49. The molecule has 1 unspecified atom stereocenters. The minimum Gasteiger partial charge on any atom is -0.381 e. The molecule has 1 aliphatic rings. The first kappa shape index (κ1) is 13.6. The summed E-state index contributed by atoms with van der Waals surface area (Å²) in [7, 11) is 0. The Kier molecular flexibility index (Phi) is 5.20. The molecule has 1 aliphatic heterocycles. The van der Waals surface area contributed by atoms with Crippen LogP contribution in [-0.2, 0) is 11.3 Å². The fourth-order valence-electron chi connectivity index (χ4n) is 2.60. The van der Waals surface area contributed by atoms with Crippen molar-refractivity contribution >= 4 is 0 Å². The maximum absolute atomic E-state index is 5.39. The Labute approximate surface area is 110 Å². The third-order valence-corrected chi connectivity index (χ3v) is 3.70. The molecular formula is C14H25N3O. The molecule has 2 rings (SSSR count). The fourth-order valence-corrected chi connectivity index (χ4v) is 2.60. The van der Waals surface area contributed by atoms with Crippen LogP contribution in [0, 0.1) is 5.92 Å². The van der Waals surface area contributed by atoms with Crippen molar-refractivity contribution < 1.29 is 4.74 Å².